The fourth-order valence-electron chi connectivity index (χ4n) is 2.14. The van der Waals surface area contributed by atoms with Crippen LogP contribution in [0.4, 0.5) is 0 Å². The molecule has 104 valence electrons. The van der Waals surface area contributed by atoms with Crippen LogP contribution in [0, 0.1) is 0 Å². The number of hydrogen-bond donors (Lipinski definition) is 1. The molecule has 0 amide bonds. The molecule has 0 aliphatic carbocycles. The van der Waals surface area contributed by atoms with E-state index in [4.69, 9.17) is 0 Å². The van der Waals surface area contributed by atoms with Gasteiger partial charge < -0.3 is 5.11 Å². The van der Waals surface area contributed by atoms with Gasteiger partial charge in [0.05, 0.1) is 5.41 Å². The normalized spacial score (nSPS) is 11.3. The Labute approximate surface area is 120 Å². The molecule has 0 heterocycles. The molecule has 2 rings (SSSR count). The first-order valence-corrected chi connectivity index (χ1v) is 6.88. The molecule has 2 heteroatoms. The van der Waals surface area contributed by atoms with Gasteiger partial charge in [0.25, 0.3) is 0 Å². The summed E-state index contributed by atoms with van der Waals surface area (Å²) in [5.41, 5.74) is 3.42. The number of carbonyl (C=O) groups is 1. The van der Waals surface area contributed by atoms with E-state index in [0.29, 0.717) is 0 Å². The van der Waals surface area contributed by atoms with Crippen LogP contribution in [0.5, 0.6) is 0 Å². The molecule has 0 radical (unpaired) electrons. The van der Waals surface area contributed by atoms with Gasteiger partial charge in [0, 0.05) is 0 Å². The van der Waals surface area contributed by atoms with E-state index in [1.54, 1.807) is 13.8 Å². The van der Waals surface area contributed by atoms with E-state index in [2.05, 4.69) is 31.2 Å². The molecule has 20 heavy (non-hydrogen) atoms. The number of carboxylic acids is 1. The Morgan fingerprint density at radius 3 is 2.25 bits per heavy atom. The minimum atomic E-state index is -0.876. The van der Waals surface area contributed by atoms with Crippen molar-refractivity contribution in [3.63, 3.8) is 0 Å². The average molecular weight is 268 g/mol. The predicted octanol–water partition coefficient (Wildman–Crippen LogP) is 4.28. The van der Waals surface area contributed by atoms with Crippen LogP contribution in [0.15, 0.2) is 48.5 Å². The molecular formula is C18H20O2. The maximum atomic E-state index is 11.4. The fourth-order valence-corrected chi connectivity index (χ4v) is 2.14. The van der Waals surface area contributed by atoms with Crippen LogP contribution in [-0.2, 0) is 16.6 Å². The topological polar surface area (TPSA) is 37.3 Å². The van der Waals surface area contributed by atoms with E-state index >= 15 is 0 Å². The van der Waals surface area contributed by atoms with Crippen LogP contribution in [0.1, 0.15) is 31.9 Å². The van der Waals surface area contributed by atoms with Gasteiger partial charge in [0.2, 0.25) is 0 Å². The molecular weight excluding hydrogens is 248 g/mol. The Kier molecular flexibility index (Phi) is 3.93. The lowest BCUT2D eigenvalue weighted by Gasteiger charge is -2.20. The molecule has 2 nitrogen and oxygen atoms in total. The Hall–Kier alpha value is -2.09. The smallest absolute Gasteiger partial charge is 0.313 e. The molecule has 0 bridgehead atoms. The number of benzene rings is 2. The third-order valence-electron chi connectivity index (χ3n) is 3.81. The van der Waals surface area contributed by atoms with Gasteiger partial charge in [-0.15, -0.1) is 0 Å². The van der Waals surface area contributed by atoms with Crippen LogP contribution in [-0.4, -0.2) is 11.1 Å². The van der Waals surface area contributed by atoms with E-state index in [1.807, 2.05) is 24.3 Å². The van der Waals surface area contributed by atoms with Crippen LogP contribution in [0.3, 0.4) is 0 Å². The largest absolute Gasteiger partial charge is 0.481 e. The quantitative estimate of drug-likeness (QED) is 0.898. The summed E-state index contributed by atoms with van der Waals surface area (Å²) in [6.45, 7) is 5.59. The van der Waals surface area contributed by atoms with Gasteiger partial charge in [0.1, 0.15) is 0 Å². The number of carboxylic acid groups (broad SMARTS) is 1. The summed E-state index contributed by atoms with van der Waals surface area (Å²) in [5.74, 6) is -0.809. The Morgan fingerprint density at radius 1 is 1.05 bits per heavy atom. The maximum absolute atomic E-state index is 11.4. The van der Waals surface area contributed by atoms with Gasteiger partial charge in [-0.05, 0) is 42.5 Å². The molecule has 2 aromatic carbocycles. The van der Waals surface area contributed by atoms with Crippen LogP contribution < -0.4 is 0 Å². The second-order valence-electron chi connectivity index (χ2n) is 5.56. The van der Waals surface area contributed by atoms with Crippen molar-refractivity contribution < 1.29 is 9.90 Å². The summed E-state index contributed by atoms with van der Waals surface area (Å²) < 4.78 is 0. The monoisotopic (exact) mass is 268 g/mol. The van der Waals surface area contributed by atoms with Crippen molar-refractivity contribution in [3.8, 4) is 11.1 Å². The second kappa shape index (κ2) is 5.49. The van der Waals surface area contributed by atoms with Crippen molar-refractivity contribution >= 4 is 5.97 Å². The zero-order chi connectivity index (χ0) is 14.8. The molecule has 0 unspecified atom stereocenters. The second-order valence-corrected chi connectivity index (χ2v) is 5.56. The zero-order valence-corrected chi connectivity index (χ0v) is 12.2. The third kappa shape index (κ3) is 2.74. The highest BCUT2D eigenvalue weighted by molar-refractivity contribution is 5.81. The van der Waals surface area contributed by atoms with Crippen molar-refractivity contribution in [1.29, 1.82) is 0 Å². The lowest BCUT2D eigenvalue weighted by molar-refractivity contribution is -0.142. The lowest BCUT2D eigenvalue weighted by Crippen LogP contribution is -2.28. The van der Waals surface area contributed by atoms with Crippen molar-refractivity contribution in [2.45, 2.75) is 32.6 Å². The van der Waals surface area contributed by atoms with Gasteiger partial charge in [-0.25, -0.2) is 0 Å². The Bertz CT molecular complexity index is 610. The van der Waals surface area contributed by atoms with Gasteiger partial charge in [0.15, 0.2) is 0 Å². The van der Waals surface area contributed by atoms with Crippen molar-refractivity contribution in [2.75, 3.05) is 0 Å². The number of rotatable bonds is 4. The van der Waals surface area contributed by atoms with E-state index in [0.717, 1.165) is 23.1 Å². The Balaban J connectivity index is 2.41. The standard InChI is InChI=1S/C18H20O2/c1-4-13-8-10-14(11-9-13)15-6-5-7-16(12-15)18(2,3)17(19)20/h5-12H,4H2,1-3H3,(H,19,20). The number of aryl methyl sites for hydroxylation is 1. The minimum Gasteiger partial charge on any atom is -0.481 e. The summed E-state index contributed by atoms with van der Waals surface area (Å²) in [6, 6.07) is 16.2. The maximum Gasteiger partial charge on any atom is 0.313 e. The summed E-state index contributed by atoms with van der Waals surface area (Å²) in [6.07, 6.45) is 1.02. The summed E-state index contributed by atoms with van der Waals surface area (Å²) >= 11 is 0. The molecule has 0 fully saturated rings. The molecule has 0 atom stereocenters. The van der Waals surface area contributed by atoms with E-state index in [9.17, 15) is 9.90 Å². The van der Waals surface area contributed by atoms with Gasteiger partial charge >= 0.3 is 5.97 Å². The van der Waals surface area contributed by atoms with E-state index < -0.39 is 11.4 Å². The number of hydrogen-bond acceptors (Lipinski definition) is 1. The number of aliphatic carboxylic acids is 1. The average Bonchev–Trinajstić information content (AvgIpc) is 2.47. The fraction of sp³-hybridized carbons (Fsp3) is 0.278. The molecule has 0 aliphatic heterocycles. The first kappa shape index (κ1) is 14.3. The third-order valence-corrected chi connectivity index (χ3v) is 3.81. The first-order chi connectivity index (χ1) is 9.45. The molecule has 1 N–H and O–H groups in total. The first-order valence-electron chi connectivity index (χ1n) is 6.88. The summed E-state index contributed by atoms with van der Waals surface area (Å²) in [4.78, 5) is 11.4. The SMILES string of the molecule is CCc1ccc(-c2cccc(C(C)(C)C(=O)O)c2)cc1. The highest BCUT2D eigenvalue weighted by Gasteiger charge is 2.29. The van der Waals surface area contributed by atoms with Crippen molar-refractivity contribution in [3.05, 3.63) is 59.7 Å². The van der Waals surface area contributed by atoms with E-state index in [1.165, 1.54) is 5.56 Å². The molecule has 2 aromatic rings. The van der Waals surface area contributed by atoms with Gasteiger partial charge in [-0.3, -0.25) is 4.79 Å². The molecule has 0 aliphatic rings. The lowest BCUT2D eigenvalue weighted by atomic mass is 9.83. The minimum absolute atomic E-state index is 0.809. The molecule has 0 spiro atoms. The van der Waals surface area contributed by atoms with Crippen molar-refractivity contribution in [1.82, 2.24) is 0 Å². The summed E-state index contributed by atoms with van der Waals surface area (Å²) in [5, 5.41) is 9.32. The van der Waals surface area contributed by atoms with Crippen LogP contribution >= 0.6 is 0 Å². The van der Waals surface area contributed by atoms with Crippen LogP contribution in [0.2, 0.25) is 0 Å². The zero-order valence-electron chi connectivity index (χ0n) is 12.2. The highest BCUT2D eigenvalue weighted by atomic mass is 16.4. The summed E-state index contributed by atoms with van der Waals surface area (Å²) in [7, 11) is 0. The van der Waals surface area contributed by atoms with Crippen molar-refractivity contribution in [2.24, 2.45) is 0 Å². The van der Waals surface area contributed by atoms with Gasteiger partial charge in [-0.2, -0.15) is 0 Å². The highest BCUT2D eigenvalue weighted by Crippen LogP contribution is 2.28. The van der Waals surface area contributed by atoms with Crippen LogP contribution in [0.25, 0.3) is 11.1 Å². The predicted molar refractivity (Wildman–Crippen MR) is 81.9 cm³/mol. The van der Waals surface area contributed by atoms with E-state index in [-0.39, 0.29) is 0 Å². The Morgan fingerprint density at radius 2 is 1.70 bits per heavy atom. The molecule has 0 aromatic heterocycles. The molecule has 0 saturated carbocycles. The van der Waals surface area contributed by atoms with Gasteiger partial charge in [-0.1, -0.05) is 55.5 Å². The molecule has 0 saturated heterocycles.